The second kappa shape index (κ2) is 13.0. The quantitative estimate of drug-likeness (QED) is 0.197. The van der Waals surface area contributed by atoms with Gasteiger partial charge in [0.15, 0.2) is 0 Å². The highest BCUT2D eigenvalue weighted by atomic mass is 16.5. The molecular formula is C31H38N2O6. The number of nitrogens with zero attached hydrogens (tertiary/aromatic N) is 2. The molecule has 1 atom stereocenters. The van der Waals surface area contributed by atoms with Gasteiger partial charge in [-0.25, -0.2) is 0 Å². The number of carbonyl (C=O) groups is 2. The Hall–Kier alpha value is -3.62. The van der Waals surface area contributed by atoms with Gasteiger partial charge in [0.2, 0.25) is 0 Å². The number of rotatable bonds is 11. The molecule has 0 spiro atoms. The molecule has 2 fully saturated rings. The van der Waals surface area contributed by atoms with Gasteiger partial charge in [-0.05, 0) is 68.7 Å². The second-order valence-electron chi connectivity index (χ2n) is 10.1. The summed E-state index contributed by atoms with van der Waals surface area (Å²) in [7, 11) is 0. The molecule has 8 nitrogen and oxygen atoms in total. The van der Waals surface area contributed by atoms with Gasteiger partial charge >= 0.3 is 0 Å². The van der Waals surface area contributed by atoms with E-state index in [1.807, 2.05) is 39.0 Å². The third-order valence-electron chi connectivity index (χ3n) is 6.91. The molecule has 1 unspecified atom stereocenters. The Balaban J connectivity index is 1.68. The number of hydrogen-bond acceptors (Lipinski definition) is 7. The number of aryl methyl sites for hydroxylation is 1. The third kappa shape index (κ3) is 6.69. The molecule has 2 aromatic rings. The minimum Gasteiger partial charge on any atom is -0.507 e. The average molecular weight is 535 g/mol. The van der Waals surface area contributed by atoms with Gasteiger partial charge in [-0.1, -0.05) is 24.8 Å². The lowest BCUT2D eigenvalue weighted by Crippen LogP contribution is -2.38. The van der Waals surface area contributed by atoms with E-state index in [1.165, 1.54) is 0 Å². The zero-order valence-corrected chi connectivity index (χ0v) is 23.0. The lowest BCUT2D eigenvalue weighted by atomic mass is 9.93. The van der Waals surface area contributed by atoms with Gasteiger partial charge in [0.05, 0.1) is 30.9 Å². The first kappa shape index (κ1) is 28.4. The summed E-state index contributed by atoms with van der Waals surface area (Å²) in [5.41, 5.74) is 2.06. The Morgan fingerprint density at radius 3 is 2.44 bits per heavy atom. The van der Waals surface area contributed by atoms with E-state index in [9.17, 15) is 14.7 Å². The average Bonchev–Trinajstić information content (AvgIpc) is 3.17. The van der Waals surface area contributed by atoms with Crippen molar-refractivity contribution in [2.45, 2.75) is 39.3 Å². The van der Waals surface area contributed by atoms with E-state index in [0.29, 0.717) is 49.8 Å². The first-order valence-corrected chi connectivity index (χ1v) is 13.5. The number of ketones is 1. The molecule has 2 saturated heterocycles. The Kier molecular flexibility index (Phi) is 9.43. The summed E-state index contributed by atoms with van der Waals surface area (Å²) in [6, 6.07) is 11.9. The fourth-order valence-electron chi connectivity index (χ4n) is 5.04. The Labute approximate surface area is 230 Å². The zero-order chi connectivity index (χ0) is 27.9. The van der Waals surface area contributed by atoms with Gasteiger partial charge in [0, 0.05) is 31.7 Å². The summed E-state index contributed by atoms with van der Waals surface area (Å²) in [5.74, 6) is -0.144. The molecule has 0 radical (unpaired) electrons. The van der Waals surface area contributed by atoms with Crippen molar-refractivity contribution in [3.8, 4) is 11.5 Å². The van der Waals surface area contributed by atoms with Crippen LogP contribution >= 0.6 is 0 Å². The number of likely N-dealkylation sites (tertiary alicyclic amines) is 1. The summed E-state index contributed by atoms with van der Waals surface area (Å²) in [6.07, 6.45) is 2.37. The van der Waals surface area contributed by atoms with Crippen LogP contribution in [0, 0.1) is 6.92 Å². The summed E-state index contributed by atoms with van der Waals surface area (Å²) in [5, 5.41) is 11.5. The van der Waals surface area contributed by atoms with Crippen LogP contribution < -0.4 is 9.47 Å². The highest BCUT2D eigenvalue weighted by molar-refractivity contribution is 6.46. The molecule has 2 aliphatic rings. The number of hydrogen-bond donors (Lipinski definition) is 1. The number of amides is 1. The number of aliphatic hydroxyl groups is 1. The Morgan fingerprint density at radius 1 is 1.10 bits per heavy atom. The van der Waals surface area contributed by atoms with Gasteiger partial charge in [-0.2, -0.15) is 0 Å². The largest absolute Gasteiger partial charge is 0.507 e. The number of benzene rings is 2. The first-order valence-electron chi connectivity index (χ1n) is 13.5. The SMILES string of the molecule is C=CCOc1ccc(C2C(=C(O)c3ccc(OC(C)C)cc3C)C(=O)C(=O)N2CCCN2CCOCC2)cc1. The maximum Gasteiger partial charge on any atom is 0.295 e. The fourth-order valence-corrected chi connectivity index (χ4v) is 5.04. The van der Waals surface area contributed by atoms with Gasteiger partial charge in [0.25, 0.3) is 11.7 Å². The van der Waals surface area contributed by atoms with Crippen molar-refractivity contribution in [3.63, 3.8) is 0 Å². The fraction of sp³-hybridized carbons (Fsp3) is 0.419. The van der Waals surface area contributed by atoms with Crippen molar-refractivity contribution < 1.29 is 28.9 Å². The number of Topliss-reactive ketones (excluding diaryl/α,β-unsaturated/α-hetero) is 1. The van der Waals surface area contributed by atoms with Crippen LogP contribution in [-0.4, -0.2) is 78.7 Å². The number of carbonyl (C=O) groups excluding carboxylic acids is 2. The van der Waals surface area contributed by atoms with E-state index in [1.54, 1.807) is 35.2 Å². The predicted molar refractivity (Wildman–Crippen MR) is 150 cm³/mol. The minimum atomic E-state index is -0.714. The topological polar surface area (TPSA) is 88.5 Å². The molecule has 39 heavy (non-hydrogen) atoms. The smallest absolute Gasteiger partial charge is 0.295 e. The van der Waals surface area contributed by atoms with Gasteiger partial charge in [0.1, 0.15) is 23.9 Å². The number of morpholine rings is 1. The molecule has 1 N–H and O–H groups in total. The van der Waals surface area contributed by atoms with Crippen molar-refractivity contribution in [2.75, 3.05) is 46.0 Å². The lowest BCUT2D eigenvalue weighted by Gasteiger charge is -2.29. The highest BCUT2D eigenvalue weighted by Crippen LogP contribution is 2.40. The molecule has 0 aromatic heterocycles. The van der Waals surface area contributed by atoms with Crippen molar-refractivity contribution in [3.05, 3.63) is 77.4 Å². The molecule has 0 saturated carbocycles. The second-order valence-corrected chi connectivity index (χ2v) is 10.1. The summed E-state index contributed by atoms with van der Waals surface area (Å²) in [4.78, 5) is 30.6. The molecule has 208 valence electrons. The van der Waals surface area contributed by atoms with Crippen LogP contribution in [0.25, 0.3) is 5.76 Å². The van der Waals surface area contributed by atoms with E-state index in [-0.39, 0.29) is 17.4 Å². The van der Waals surface area contributed by atoms with Crippen LogP contribution in [0.5, 0.6) is 11.5 Å². The molecule has 2 heterocycles. The minimum absolute atomic E-state index is 0.00469. The Bertz CT molecular complexity index is 1210. The summed E-state index contributed by atoms with van der Waals surface area (Å²) >= 11 is 0. The normalized spacial score (nSPS) is 19.5. The van der Waals surface area contributed by atoms with Crippen LogP contribution in [0.4, 0.5) is 0 Å². The number of ether oxygens (including phenoxy) is 3. The van der Waals surface area contributed by atoms with Crippen molar-refractivity contribution >= 4 is 17.4 Å². The first-order chi connectivity index (χ1) is 18.8. The molecule has 2 aliphatic heterocycles. The van der Waals surface area contributed by atoms with Crippen molar-refractivity contribution in [2.24, 2.45) is 0 Å². The Morgan fingerprint density at radius 2 is 1.79 bits per heavy atom. The van der Waals surface area contributed by atoms with Crippen molar-refractivity contribution in [1.29, 1.82) is 0 Å². The number of aliphatic hydroxyl groups excluding tert-OH is 1. The van der Waals surface area contributed by atoms with E-state index >= 15 is 0 Å². The van der Waals surface area contributed by atoms with E-state index in [2.05, 4.69) is 11.5 Å². The van der Waals surface area contributed by atoms with E-state index < -0.39 is 17.7 Å². The van der Waals surface area contributed by atoms with E-state index in [0.717, 1.165) is 30.8 Å². The van der Waals surface area contributed by atoms with Crippen LogP contribution in [0.1, 0.15) is 43.0 Å². The molecule has 4 rings (SSSR count). The van der Waals surface area contributed by atoms with Gasteiger partial charge in [-0.3, -0.25) is 14.5 Å². The molecule has 2 aromatic carbocycles. The maximum absolute atomic E-state index is 13.4. The molecule has 1 amide bonds. The third-order valence-corrected chi connectivity index (χ3v) is 6.91. The molecule has 0 aliphatic carbocycles. The molecule has 0 bridgehead atoms. The lowest BCUT2D eigenvalue weighted by molar-refractivity contribution is -0.140. The summed E-state index contributed by atoms with van der Waals surface area (Å²) in [6.45, 7) is 14.1. The van der Waals surface area contributed by atoms with Crippen LogP contribution in [0.3, 0.4) is 0 Å². The van der Waals surface area contributed by atoms with Crippen LogP contribution in [0.15, 0.2) is 60.7 Å². The highest BCUT2D eigenvalue weighted by Gasteiger charge is 2.46. The summed E-state index contributed by atoms with van der Waals surface area (Å²) < 4.78 is 16.8. The maximum atomic E-state index is 13.4. The molecular weight excluding hydrogens is 496 g/mol. The van der Waals surface area contributed by atoms with Crippen LogP contribution in [0.2, 0.25) is 0 Å². The van der Waals surface area contributed by atoms with Crippen molar-refractivity contribution in [1.82, 2.24) is 9.80 Å². The standard InChI is InChI=1S/C31H38N2O6/c1-5-17-38-24-9-7-23(8-10-24)28-27(29(34)26-12-11-25(20-22(26)4)39-21(2)3)30(35)31(36)33(28)14-6-13-32-15-18-37-19-16-32/h5,7-12,20-21,28,34H,1,6,13-19H2,2-4H3. The van der Waals surface area contributed by atoms with E-state index in [4.69, 9.17) is 14.2 Å². The van der Waals surface area contributed by atoms with Crippen LogP contribution in [-0.2, 0) is 14.3 Å². The monoisotopic (exact) mass is 534 g/mol. The van der Waals surface area contributed by atoms with Gasteiger partial charge in [-0.15, -0.1) is 0 Å². The predicted octanol–water partition coefficient (Wildman–Crippen LogP) is 4.49. The van der Waals surface area contributed by atoms with Gasteiger partial charge < -0.3 is 24.2 Å². The zero-order valence-electron chi connectivity index (χ0n) is 23.0. The molecule has 8 heteroatoms.